The number of carbonyl (C=O) groups is 1. The van der Waals surface area contributed by atoms with Crippen LogP contribution in [0.4, 0.5) is 17.1 Å². The molecular weight excluding hydrogens is 794 g/mol. The number of thioether (sulfide) groups is 1. The summed E-state index contributed by atoms with van der Waals surface area (Å²) < 4.78 is 29.2. The number of hydrogen-bond donors (Lipinski definition) is 2. The third-order valence-electron chi connectivity index (χ3n) is 10.5. The van der Waals surface area contributed by atoms with Crippen LogP contribution in [0.1, 0.15) is 34.3 Å². The molecule has 1 saturated heterocycles. The Labute approximate surface area is 348 Å². The van der Waals surface area contributed by atoms with Crippen molar-refractivity contribution in [1.82, 2.24) is 19.5 Å². The molecule has 0 saturated carbocycles. The molecule has 15 heteroatoms. The first-order chi connectivity index (χ1) is 27.9. The van der Waals surface area contributed by atoms with Crippen molar-refractivity contribution in [3.8, 4) is 11.3 Å². The Morgan fingerprint density at radius 2 is 1.81 bits per heavy atom. The van der Waals surface area contributed by atoms with E-state index < -0.39 is 20.9 Å². The zero-order valence-corrected chi connectivity index (χ0v) is 34.8. The van der Waals surface area contributed by atoms with E-state index in [-0.39, 0.29) is 33.9 Å². The first-order valence-corrected chi connectivity index (χ1v) is 22.0. The second kappa shape index (κ2) is 18.3. The van der Waals surface area contributed by atoms with E-state index in [0.29, 0.717) is 17.2 Å². The van der Waals surface area contributed by atoms with Crippen molar-refractivity contribution in [1.29, 1.82) is 0 Å². The molecule has 7 rings (SSSR count). The molecule has 2 N–H and O–H groups in total. The Balaban J connectivity index is 1.000. The fourth-order valence-corrected chi connectivity index (χ4v) is 9.68. The molecule has 1 fully saturated rings. The second-order valence-electron chi connectivity index (χ2n) is 14.9. The number of sulfonamides is 1. The van der Waals surface area contributed by atoms with E-state index in [1.807, 2.05) is 91.9 Å². The fourth-order valence-electron chi connectivity index (χ4n) is 7.57. The molecule has 5 aromatic rings. The molecule has 2 aliphatic heterocycles. The number of nitrogens with one attached hydrogen (secondary N) is 2. The van der Waals surface area contributed by atoms with Crippen LogP contribution in [-0.4, -0.2) is 92.1 Å². The van der Waals surface area contributed by atoms with E-state index in [0.717, 1.165) is 84.6 Å². The minimum Gasteiger partial charge on any atom is -0.376 e. The summed E-state index contributed by atoms with van der Waals surface area (Å²) in [6, 6.07) is 30.9. The molecule has 0 unspecified atom stereocenters. The third-order valence-corrected chi connectivity index (χ3v) is 13.3. The van der Waals surface area contributed by atoms with Crippen molar-refractivity contribution in [3.63, 3.8) is 0 Å². The van der Waals surface area contributed by atoms with Gasteiger partial charge in [-0.1, -0.05) is 48.0 Å². The smallest absolute Gasteiger partial charge is 0.293 e. The Morgan fingerprint density at radius 3 is 2.57 bits per heavy atom. The minimum atomic E-state index is -4.44. The van der Waals surface area contributed by atoms with Gasteiger partial charge in [-0.25, -0.2) is 13.1 Å². The summed E-state index contributed by atoms with van der Waals surface area (Å²) in [4.78, 5) is 37.3. The van der Waals surface area contributed by atoms with E-state index in [9.17, 15) is 23.3 Å². The molecule has 58 heavy (non-hydrogen) atoms. The number of anilines is 2. The SMILES string of the molecule is CN(C)CC[C@H](CSc1ccccc1)Nc1ccc(S(=O)(=O)NC(=O)c2ccc3c(c2)CC[C@H]2CN(Cc4cccnc4-c4ccc(Cl)cc4)CCN32)cc1[N+](=O)[O-]. The van der Waals surface area contributed by atoms with Crippen molar-refractivity contribution in [2.45, 2.75) is 47.7 Å². The number of rotatable bonds is 15. The maximum absolute atomic E-state index is 13.5. The first-order valence-electron chi connectivity index (χ1n) is 19.2. The van der Waals surface area contributed by atoms with Gasteiger partial charge in [0.25, 0.3) is 21.6 Å². The largest absolute Gasteiger partial charge is 0.376 e. The molecule has 302 valence electrons. The molecule has 1 amide bonds. The summed E-state index contributed by atoms with van der Waals surface area (Å²) in [6.45, 7) is 4.04. The van der Waals surface area contributed by atoms with E-state index in [4.69, 9.17) is 11.6 Å². The summed E-state index contributed by atoms with van der Waals surface area (Å²) in [5, 5.41) is 16.2. The van der Waals surface area contributed by atoms with Crippen LogP contribution in [-0.2, 0) is 23.0 Å². The lowest BCUT2D eigenvalue weighted by Crippen LogP contribution is -2.54. The number of nitrogens with zero attached hydrogens (tertiary/aromatic N) is 5. The molecule has 2 atom stereocenters. The number of hydrogen-bond acceptors (Lipinski definition) is 11. The molecule has 0 bridgehead atoms. The first kappa shape index (κ1) is 41.2. The lowest BCUT2D eigenvalue weighted by atomic mass is 9.92. The number of aromatic nitrogens is 1. The number of nitro benzene ring substituents is 1. The number of piperazine rings is 1. The van der Waals surface area contributed by atoms with Crippen molar-refractivity contribution >= 4 is 56.4 Å². The van der Waals surface area contributed by atoms with Gasteiger partial charge in [-0.15, -0.1) is 11.8 Å². The van der Waals surface area contributed by atoms with Crippen LogP contribution in [0, 0.1) is 10.1 Å². The summed E-state index contributed by atoms with van der Waals surface area (Å²) in [5.74, 6) is -0.157. The average Bonchev–Trinajstić information content (AvgIpc) is 3.22. The zero-order valence-electron chi connectivity index (χ0n) is 32.4. The van der Waals surface area contributed by atoms with Crippen LogP contribution < -0.4 is 14.9 Å². The number of halogens is 1. The highest BCUT2D eigenvalue weighted by molar-refractivity contribution is 7.99. The highest BCUT2D eigenvalue weighted by Crippen LogP contribution is 2.35. The highest BCUT2D eigenvalue weighted by atomic mass is 35.5. The molecule has 0 radical (unpaired) electrons. The number of benzene rings is 4. The molecule has 4 aromatic carbocycles. The number of aryl methyl sites for hydroxylation is 1. The molecular formula is C43H46ClN7O5S2. The summed E-state index contributed by atoms with van der Waals surface area (Å²) in [6.07, 6.45) is 4.14. The summed E-state index contributed by atoms with van der Waals surface area (Å²) >= 11 is 7.77. The molecule has 0 aliphatic carbocycles. The number of amides is 1. The zero-order chi connectivity index (χ0) is 40.8. The number of carbonyl (C=O) groups excluding carboxylic acids is 1. The Kier molecular flexibility index (Phi) is 13.0. The second-order valence-corrected chi connectivity index (χ2v) is 18.1. The van der Waals surface area contributed by atoms with E-state index >= 15 is 0 Å². The highest BCUT2D eigenvalue weighted by Gasteiger charge is 2.33. The van der Waals surface area contributed by atoms with Gasteiger partial charge in [-0.3, -0.25) is 24.8 Å². The summed E-state index contributed by atoms with van der Waals surface area (Å²) in [7, 11) is -0.516. The van der Waals surface area contributed by atoms with Crippen molar-refractivity contribution < 1.29 is 18.1 Å². The van der Waals surface area contributed by atoms with E-state index in [1.165, 1.54) is 12.1 Å². The van der Waals surface area contributed by atoms with Crippen LogP contribution >= 0.6 is 23.4 Å². The lowest BCUT2D eigenvalue weighted by molar-refractivity contribution is -0.384. The van der Waals surface area contributed by atoms with Crippen molar-refractivity contribution in [2.75, 3.05) is 56.2 Å². The molecule has 1 aromatic heterocycles. The Bertz CT molecular complexity index is 2370. The van der Waals surface area contributed by atoms with E-state index in [1.54, 1.807) is 23.9 Å². The maximum Gasteiger partial charge on any atom is 0.293 e. The Morgan fingerprint density at radius 1 is 1.02 bits per heavy atom. The molecule has 3 heterocycles. The molecule has 0 spiro atoms. The predicted molar refractivity (Wildman–Crippen MR) is 231 cm³/mol. The van der Waals surface area contributed by atoms with Gasteiger partial charge in [-0.05, 0) is 112 Å². The standard InChI is InChI=1S/C43H46ClN7O5S2/c1-48(2)22-20-35(29-57-37-8-4-3-5-9-37)46-39-18-17-38(26-41(39)51(53)54)58(55,56)47-43(52)32-13-19-40-31(25-32)12-16-36-28-49(23-24-50(36)40)27-33-7-6-21-45-42(33)30-10-14-34(44)15-11-30/h3-11,13-15,17-19,21,25-26,35-36,46H,12,16,20,22-24,27-29H2,1-2H3,(H,47,52)/t35-,36+/m1/s1. The fraction of sp³-hybridized carbons (Fsp3) is 0.302. The predicted octanol–water partition coefficient (Wildman–Crippen LogP) is 7.59. The lowest BCUT2D eigenvalue weighted by Gasteiger charge is -2.46. The van der Waals surface area contributed by atoms with Gasteiger partial charge < -0.3 is 15.1 Å². The minimum absolute atomic E-state index is 0.141. The van der Waals surface area contributed by atoms with Crippen LogP contribution in [0.15, 0.2) is 119 Å². The summed E-state index contributed by atoms with van der Waals surface area (Å²) in [5.41, 5.74) is 5.18. The van der Waals surface area contributed by atoms with Crippen LogP contribution in [0.5, 0.6) is 0 Å². The quantitative estimate of drug-likeness (QED) is 0.0612. The van der Waals surface area contributed by atoms with Gasteiger partial charge in [0.2, 0.25) is 0 Å². The normalized spacial score (nSPS) is 16.0. The number of pyridine rings is 1. The van der Waals surface area contributed by atoms with Crippen LogP contribution in [0.25, 0.3) is 11.3 Å². The van der Waals surface area contributed by atoms with E-state index in [2.05, 4.69) is 30.9 Å². The van der Waals surface area contributed by atoms with Gasteiger partial charge in [0.05, 0.1) is 15.5 Å². The van der Waals surface area contributed by atoms with Crippen LogP contribution in [0.3, 0.4) is 0 Å². The average molecular weight is 840 g/mol. The van der Waals surface area contributed by atoms with Gasteiger partial charge in [-0.2, -0.15) is 0 Å². The molecule has 12 nitrogen and oxygen atoms in total. The van der Waals surface area contributed by atoms with Gasteiger partial charge >= 0.3 is 0 Å². The monoisotopic (exact) mass is 839 g/mol. The maximum atomic E-state index is 13.5. The topological polar surface area (TPSA) is 141 Å². The van der Waals surface area contributed by atoms with Crippen molar-refractivity contribution in [2.24, 2.45) is 0 Å². The number of fused-ring (bicyclic) bond motifs is 3. The van der Waals surface area contributed by atoms with Gasteiger partial charge in [0.15, 0.2) is 0 Å². The van der Waals surface area contributed by atoms with Crippen LogP contribution in [0.2, 0.25) is 5.02 Å². The van der Waals surface area contributed by atoms with Gasteiger partial charge in [0.1, 0.15) is 5.69 Å². The van der Waals surface area contributed by atoms with Crippen molar-refractivity contribution in [3.05, 3.63) is 141 Å². The Hall–Kier alpha value is -4.99. The molecule has 2 aliphatic rings. The van der Waals surface area contributed by atoms with Gasteiger partial charge in [0, 0.05) is 83.0 Å². The number of nitro groups is 1. The third kappa shape index (κ3) is 9.99.